The number of methoxy groups -OCH3 is 2. The lowest BCUT2D eigenvalue weighted by atomic mass is 10.1. The van der Waals surface area contributed by atoms with Crippen LogP contribution < -0.4 is 20.5 Å². The molecule has 0 aliphatic heterocycles. The van der Waals surface area contributed by atoms with E-state index in [2.05, 4.69) is 5.32 Å². The van der Waals surface area contributed by atoms with Gasteiger partial charge in [-0.15, -0.1) is 0 Å². The maximum atomic E-state index is 12.0. The lowest BCUT2D eigenvalue weighted by Gasteiger charge is -2.10. The van der Waals surface area contributed by atoms with Crippen molar-refractivity contribution < 1.29 is 14.3 Å². The van der Waals surface area contributed by atoms with Gasteiger partial charge in [0.05, 0.1) is 14.2 Å². The van der Waals surface area contributed by atoms with Gasteiger partial charge in [0.1, 0.15) is 0 Å². The second kappa shape index (κ2) is 8.08. The fraction of sp³-hybridized carbons (Fsp3) is 0.278. The largest absolute Gasteiger partial charge is 0.493 e. The average Bonchev–Trinajstić information content (AvgIpc) is 2.58. The summed E-state index contributed by atoms with van der Waals surface area (Å²) < 4.78 is 10.5. The smallest absolute Gasteiger partial charge is 0.251 e. The Labute approximate surface area is 136 Å². The second-order valence-electron chi connectivity index (χ2n) is 5.17. The third kappa shape index (κ3) is 4.64. The molecule has 0 aromatic heterocycles. The molecule has 0 saturated heterocycles. The van der Waals surface area contributed by atoms with Gasteiger partial charge in [-0.3, -0.25) is 4.79 Å². The number of nitrogens with one attached hydrogen (secondary N) is 1. The van der Waals surface area contributed by atoms with Crippen LogP contribution in [-0.4, -0.2) is 26.7 Å². The Morgan fingerprint density at radius 1 is 1.09 bits per heavy atom. The van der Waals surface area contributed by atoms with Crippen LogP contribution in [0.2, 0.25) is 0 Å². The van der Waals surface area contributed by atoms with Crippen LogP contribution >= 0.6 is 0 Å². The average molecular weight is 314 g/mol. The molecule has 1 amide bonds. The maximum Gasteiger partial charge on any atom is 0.251 e. The molecule has 23 heavy (non-hydrogen) atoms. The van der Waals surface area contributed by atoms with Gasteiger partial charge in [-0.1, -0.05) is 12.1 Å². The molecule has 2 aromatic carbocycles. The Balaban J connectivity index is 1.82. The molecule has 3 N–H and O–H groups in total. The number of carbonyl (C=O) groups excluding carboxylic acids is 1. The zero-order valence-corrected chi connectivity index (χ0v) is 13.5. The van der Waals surface area contributed by atoms with Gasteiger partial charge in [0.25, 0.3) is 5.91 Å². The van der Waals surface area contributed by atoms with Gasteiger partial charge < -0.3 is 20.5 Å². The van der Waals surface area contributed by atoms with E-state index in [9.17, 15) is 4.79 Å². The number of anilines is 1. The van der Waals surface area contributed by atoms with Crippen LogP contribution in [0.3, 0.4) is 0 Å². The molecular weight excluding hydrogens is 292 g/mol. The summed E-state index contributed by atoms with van der Waals surface area (Å²) in [5.41, 5.74) is 7.98. The molecule has 2 aromatic rings. The Morgan fingerprint density at radius 2 is 1.87 bits per heavy atom. The number of ether oxygens (including phenoxy) is 2. The third-order valence-corrected chi connectivity index (χ3v) is 3.52. The Hall–Kier alpha value is -2.69. The highest BCUT2D eigenvalue weighted by Gasteiger charge is 2.06. The van der Waals surface area contributed by atoms with Crippen molar-refractivity contribution in [3.63, 3.8) is 0 Å². The molecule has 0 aliphatic rings. The SMILES string of the molecule is COc1ccc(CCCNC(=O)c2cccc(N)c2)cc1OC. The molecule has 0 spiro atoms. The van der Waals surface area contributed by atoms with E-state index in [4.69, 9.17) is 15.2 Å². The first-order valence-electron chi connectivity index (χ1n) is 7.48. The van der Waals surface area contributed by atoms with Crippen LogP contribution in [0.15, 0.2) is 42.5 Å². The van der Waals surface area contributed by atoms with E-state index in [1.165, 1.54) is 0 Å². The van der Waals surface area contributed by atoms with Gasteiger partial charge in [-0.25, -0.2) is 0 Å². The van der Waals surface area contributed by atoms with Crippen molar-refractivity contribution in [2.24, 2.45) is 0 Å². The zero-order valence-electron chi connectivity index (χ0n) is 13.5. The van der Waals surface area contributed by atoms with E-state index in [1.54, 1.807) is 38.5 Å². The van der Waals surface area contributed by atoms with E-state index in [1.807, 2.05) is 18.2 Å². The number of nitrogen functional groups attached to an aromatic ring is 1. The van der Waals surface area contributed by atoms with E-state index < -0.39 is 0 Å². The van der Waals surface area contributed by atoms with Crippen molar-refractivity contribution in [3.05, 3.63) is 53.6 Å². The Kier molecular flexibility index (Phi) is 5.86. The molecule has 0 atom stereocenters. The van der Waals surface area contributed by atoms with Crippen molar-refractivity contribution in [1.29, 1.82) is 0 Å². The Bertz CT molecular complexity index is 671. The molecule has 0 unspecified atom stereocenters. The van der Waals surface area contributed by atoms with Gasteiger partial charge >= 0.3 is 0 Å². The molecule has 0 saturated carbocycles. The summed E-state index contributed by atoms with van der Waals surface area (Å²) in [6, 6.07) is 12.8. The van der Waals surface area contributed by atoms with Crippen LogP contribution in [-0.2, 0) is 6.42 Å². The minimum atomic E-state index is -0.107. The first-order valence-corrected chi connectivity index (χ1v) is 7.48. The number of hydrogen-bond acceptors (Lipinski definition) is 4. The summed E-state index contributed by atoms with van der Waals surface area (Å²) in [6.07, 6.45) is 1.68. The fourth-order valence-corrected chi connectivity index (χ4v) is 2.31. The van der Waals surface area contributed by atoms with E-state index in [0.29, 0.717) is 29.3 Å². The highest BCUT2D eigenvalue weighted by atomic mass is 16.5. The predicted molar refractivity (Wildman–Crippen MR) is 91.1 cm³/mol. The van der Waals surface area contributed by atoms with Gasteiger partial charge in [0.15, 0.2) is 11.5 Å². The minimum absolute atomic E-state index is 0.107. The molecule has 0 radical (unpaired) electrons. The van der Waals surface area contributed by atoms with Gasteiger partial charge in [-0.2, -0.15) is 0 Å². The third-order valence-electron chi connectivity index (χ3n) is 3.52. The van der Waals surface area contributed by atoms with Crippen LogP contribution in [0.5, 0.6) is 11.5 Å². The van der Waals surface area contributed by atoms with Gasteiger partial charge in [0, 0.05) is 17.8 Å². The summed E-state index contributed by atoms with van der Waals surface area (Å²) in [5.74, 6) is 1.32. The van der Waals surface area contributed by atoms with Crippen molar-refractivity contribution in [2.75, 3.05) is 26.5 Å². The zero-order chi connectivity index (χ0) is 16.7. The highest BCUT2D eigenvalue weighted by Crippen LogP contribution is 2.27. The number of rotatable bonds is 7. The van der Waals surface area contributed by atoms with Gasteiger partial charge in [0.2, 0.25) is 0 Å². The summed E-state index contributed by atoms with van der Waals surface area (Å²) in [4.78, 5) is 12.0. The molecule has 0 bridgehead atoms. The molecule has 0 heterocycles. The molecular formula is C18H22N2O3. The lowest BCUT2D eigenvalue weighted by molar-refractivity contribution is 0.0953. The topological polar surface area (TPSA) is 73.6 Å². The van der Waals surface area contributed by atoms with Crippen molar-refractivity contribution in [3.8, 4) is 11.5 Å². The molecule has 0 fully saturated rings. The molecule has 122 valence electrons. The quantitative estimate of drug-likeness (QED) is 0.608. The molecule has 5 heteroatoms. The summed E-state index contributed by atoms with van der Waals surface area (Å²) in [5, 5.41) is 2.90. The van der Waals surface area contributed by atoms with Crippen molar-refractivity contribution >= 4 is 11.6 Å². The monoisotopic (exact) mass is 314 g/mol. The lowest BCUT2D eigenvalue weighted by Crippen LogP contribution is -2.24. The summed E-state index contributed by atoms with van der Waals surface area (Å²) in [6.45, 7) is 0.599. The second-order valence-corrected chi connectivity index (χ2v) is 5.17. The molecule has 2 rings (SSSR count). The number of hydrogen-bond donors (Lipinski definition) is 2. The van der Waals surface area contributed by atoms with Gasteiger partial charge in [-0.05, 0) is 48.7 Å². The van der Waals surface area contributed by atoms with Crippen molar-refractivity contribution in [2.45, 2.75) is 12.8 Å². The first-order chi connectivity index (χ1) is 11.1. The van der Waals surface area contributed by atoms with E-state index >= 15 is 0 Å². The van der Waals surface area contributed by atoms with Crippen molar-refractivity contribution in [1.82, 2.24) is 5.32 Å². The predicted octanol–water partition coefficient (Wildman–Crippen LogP) is 2.65. The van der Waals surface area contributed by atoms with Crippen LogP contribution in [0.1, 0.15) is 22.3 Å². The van der Waals surface area contributed by atoms with E-state index in [-0.39, 0.29) is 5.91 Å². The highest BCUT2D eigenvalue weighted by molar-refractivity contribution is 5.94. The maximum absolute atomic E-state index is 12.0. The summed E-state index contributed by atoms with van der Waals surface area (Å²) >= 11 is 0. The number of amides is 1. The van der Waals surface area contributed by atoms with Crippen LogP contribution in [0, 0.1) is 0 Å². The van der Waals surface area contributed by atoms with Crippen LogP contribution in [0.25, 0.3) is 0 Å². The van der Waals surface area contributed by atoms with Crippen LogP contribution in [0.4, 0.5) is 5.69 Å². The molecule has 5 nitrogen and oxygen atoms in total. The molecule has 0 aliphatic carbocycles. The van der Waals surface area contributed by atoms with E-state index in [0.717, 1.165) is 18.4 Å². The minimum Gasteiger partial charge on any atom is -0.493 e. The number of benzene rings is 2. The fourth-order valence-electron chi connectivity index (χ4n) is 2.31. The normalized spacial score (nSPS) is 10.2. The standard InChI is InChI=1S/C18H22N2O3/c1-22-16-9-8-13(11-17(16)23-2)5-4-10-20-18(21)14-6-3-7-15(19)12-14/h3,6-9,11-12H,4-5,10,19H2,1-2H3,(H,20,21). The number of nitrogens with two attached hydrogens (primary N) is 1. The Morgan fingerprint density at radius 3 is 2.57 bits per heavy atom. The number of aryl methyl sites for hydroxylation is 1. The first kappa shape index (κ1) is 16.7. The summed E-state index contributed by atoms with van der Waals surface area (Å²) in [7, 11) is 3.23. The number of carbonyl (C=O) groups is 1.